The van der Waals surface area contributed by atoms with E-state index >= 15 is 0 Å². The molecule has 1 aromatic heterocycles. The zero-order valence-electron chi connectivity index (χ0n) is 9.20. The van der Waals surface area contributed by atoms with Crippen LogP contribution in [-0.2, 0) is 16.6 Å². The molecule has 0 aromatic carbocycles. The number of carbonyl (C=O) groups excluding carboxylic acids is 2. The van der Waals surface area contributed by atoms with Gasteiger partial charge in [-0.1, -0.05) is 0 Å². The van der Waals surface area contributed by atoms with Crippen LogP contribution in [0.5, 0.6) is 0 Å². The third-order valence-electron chi connectivity index (χ3n) is 2.09. The Morgan fingerprint density at radius 1 is 1.47 bits per heavy atom. The van der Waals surface area contributed by atoms with E-state index in [2.05, 4.69) is 10.4 Å². The van der Waals surface area contributed by atoms with Crippen LogP contribution in [0.1, 0.15) is 25.5 Å². The lowest BCUT2D eigenvalue weighted by Crippen LogP contribution is -2.13. The van der Waals surface area contributed by atoms with Crippen LogP contribution in [-0.4, -0.2) is 21.5 Å². The Balaban J connectivity index is 2.48. The maximum absolute atomic E-state index is 11.3. The van der Waals surface area contributed by atoms with E-state index in [4.69, 9.17) is 0 Å². The minimum absolute atomic E-state index is 0.0161. The van der Waals surface area contributed by atoms with Crippen molar-refractivity contribution in [3.63, 3.8) is 0 Å². The van der Waals surface area contributed by atoms with Crippen LogP contribution >= 0.6 is 0 Å². The highest BCUT2D eigenvalue weighted by molar-refractivity contribution is 5.92. The zero-order valence-corrected chi connectivity index (χ0v) is 9.20. The molecule has 0 radical (unpaired) electrons. The highest BCUT2D eigenvalue weighted by Crippen LogP contribution is 2.07. The van der Waals surface area contributed by atoms with E-state index < -0.39 is 0 Å². The van der Waals surface area contributed by atoms with E-state index in [-0.39, 0.29) is 24.5 Å². The number of carbonyl (C=O) groups is 2. The van der Waals surface area contributed by atoms with Crippen molar-refractivity contribution in [3.05, 3.63) is 11.8 Å². The van der Waals surface area contributed by atoms with Crippen molar-refractivity contribution < 1.29 is 9.59 Å². The summed E-state index contributed by atoms with van der Waals surface area (Å²) in [6.07, 6.45) is 0.489. The second-order valence-electron chi connectivity index (χ2n) is 3.54. The summed E-state index contributed by atoms with van der Waals surface area (Å²) in [5.41, 5.74) is 0.969. The minimum atomic E-state index is -0.177. The molecule has 0 aliphatic carbocycles. The molecule has 0 atom stereocenters. The predicted octanol–water partition coefficient (Wildman–Crippen LogP) is 1.04. The van der Waals surface area contributed by atoms with Crippen molar-refractivity contribution in [1.82, 2.24) is 9.78 Å². The summed E-state index contributed by atoms with van der Waals surface area (Å²) in [6.45, 7) is 3.37. The van der Waals surface area contributed by atoms with Gasteiger partial charge in [0.1, 0.15) is 5.78 Å². The maximum Gasteiger partial charge on any atom is 0.226 e. The smallest absolute Gasteiger partial charge is 0.226 e. The second kappa shape index (κ2) is 4.72. The lowest BCUT2D eigenvalue weighted by molar-refractivity contribution is -0.121. The van der Waals surface area contributed by atoms with Gasteiger partial charge < -0.3 is 10.1 Å². The summed E-state index contributed by atoms with van der Waals surface area (Å²) in [4.78, 5) is 22.0. The molecule has 0 aliphatic rings. The van der Waals surface area contributed by atoms with Gasteiger partial charge in [0.05, 0.1) is 0 Å². The first-order valence-corrected chi connectivity index (χ1v) is 4.79. The molecular formula is C10H15N3O2. The minimum Gasteiger partial charge on any atom is -0.309 e. The Kier molecular flexibility index (Phi) is 3.60. The van der Waals surface area contributed by atoms with Gasteiger partial charge in [-0.15, -0.1) is 0 Å². The highest BCUT2D eigenvalue weighted by Gasteiger charge is 2.07. The van der Waals surface area contributed by atoms with E-state index in [0.717, 1.165) is 5.69 Å². The Hall–Kier alpha value is -1.65. The number of amides is 1. The second-order valence-corrected chi connectivity index (χ2v) is 3.54. The van der Waals surface area contributed by atoms with Crippen LogP contribution < -0.4 is 5.32 Å². The zero-order chi connectivity index (χ0) is 11.4. The van der Waals surface area contributed by atoms with Gasteiger partial charge in [-0.2, -0.15) is 5.10 Å². The number of nitrogens with zero attached hydrogens (tertiary/aromatic N) is 2. The molecule has 0 unspecified atom stereocenters. The third-order valence-corrected chi connectivity index (χ3v) is 2.09. The van der Waals surface area contributed by atoms with Gasteiger partial charge in [0, 0.05) is 31.6 Å². The lowest BCUT2D eigenvalue weighted by atomic mass is 10.2. The number of ketones is 1. The molecule has 1 N–H and O–H groups in total. The average molecular weight is 209 g/mol. The van der Waals surface area contributed by atoms with E-state index in [1.165, 1.54) is 6.92 Å². The fraction of sp³-hybridized carbons (Fsp3) is 0.500. The van der Waals surface area contributed by atoms with Crippen LogP contribution in [0.25, 0.3) is 0 Å². The number of hydrogen-bond donors (Lipinski definition) is 1. The number of aromatic nitrogens is 2. The molecule has 0 spiro atoms. The number of nitrogens with one attached hydrogen (secondary N) is 1. The molecule has 0 fully saturated rings. The van der Waals surface area contributed by atoms with Gasteiger partial charge in [0.2, 0.25) is 5.91 Å². The molecule has 1 rings (SSSR count). The summed E-state index contributed by atoms with van der Waals surface area (Å²) in [5.74, 6) is 0.370. The molecule has 15 heavy (non-hydrogen) atoms. The molecule has 0 saturated heterocycles. The number of hydrogen-bond acceptors (Lipinski definition) is 3. The van der Waals surface area contributed by atoms with E-state index in [0.29, 0.717) is 5.82 Å². The maximum atomic E-state index is 11.3. The molecule has 0 aliphatic heterocycles. The van der Waals surface area contributed by atoms with E-state index in [9.17, 15) is 9.59 Å². The number of Topliss-reactive ketones (excluding diaryl/α,β-unsaturated/α-hetero) is 1. The molecule has 82 valence electrons. The lowest BCUT2D eigenvalue weighted by Gasteiger charge is -1.99. The molecular weight excluding hydrogens is 194 g/mol. The molecule has 0 bridgehead atoms. The Morgan fingerprint density at radius 3 is 2.60 bits per heavy atom. The third kappa shape index (κ3) is 3.53. The summed E-state index contributed by atoms with van der Waals surface area (Å²) < 4.78 is 1.68. The quantitative estimate of drug-likeness (QED) is 0.805. The fourth-order valence-electron chi connectivity index (χ4n) is 1.12. The standard InChI is InChI=1S/C10H15N3O2/c1-7-6-9(12-13(7)3)11-10(15)5-4-8(2)14/h6H,4-5H2,1-3H3,(H,11,12,15). The van der Waals surface area contributed by atoms with Crippen LogP contribution in [0.3, 0.4) is 0 Å². The summed E-state index contributed by atoms with van der Waals surface area (Å²) in [7, 11) is 1.81. The van der Waals surface area contributed by atoms with Gasteiger partial charge in [0.25, 0.3) is 0 Å². The highest BCUT2D eigenvalue weighted by atomic mass is 16.2. The van der Waals surface area contributed by atoms with Crippen molar-refractivity contribution in [2.24, 2.45) is 7.05 Å². The van der Waals surface area contributed by atoms with Crippen molar-refractivity contribution in [2.45, 2.75) is 26.7 Å². The fourth-order valence-corrected chi connectivity index (χ4v) is 1.12. The van der Waals surface area contributed by atoms with Gasteiger partial charge in [-0.25, -0.2) is 0 Å². The molecule has 5 heteroatoms. The van der Waals surface area contributed by atoms with Crippen LogP contribution in [0.4, 0.5) is 5.82 Å². The van der Waals surface area contributed by atoms with Crippen LogP contribution in [0, 0.1) is 6.92 Å². The first-order valence-electron chi connectivity index (χ1n) is 4.79. The van der Waals surface area contributed by atoms with Crippen molar-refractivity contribution in [3.8, 4) is 0 Å². The van der Waals surface area contributed by atoms with Gasteiger partial charge in [0.15, 0.2) is 5.82 Å². The Labute approximate surface area is 88.5 Å². The summed E-state index contributed by atoms with van der Waals surface area (Å²) in [6, 6.07) is 1.78. The van der Waals surface area contributed by atoms with Crippen molar-refractivity contribution in [1.29, 1.82) is 0 Å². The van der Waals surface area contributed by atoms with Crippen LogP contribution in [0.2, 0.25) is 0 Å². The molecule has 5 nitrogen and oxygen atoms in total. The molecule has 1 amide bonds. The van der Waals surface area contributed by atoms with Crippen molar-refractivity contribution in [2.75, 3.05) is 5.32 Å². The van der Waals surface area contributed by atoms with E-state index in [1.54, 1.807) is 17.8 Å². The predicted molar refractivity (Wildman–Crippen MR) is 56.5 cm³/mol. The Morgan fingerprint density at radius 2 is 2.13 bits per heavy atom. The number of rotatable bonds is 4. The monoisotopic (exact) mass is 209 g/mol. The molecule has 0 saturated carbocycles. The average Bonchev–Trinajstić information content (AvgIpc) is 2.42. The summed E-state index contributed by atoms with van der Waals surface area (Å²) in [5, 5.41) is 6.71. The number of aryl methyl sites for hydroxylation is 2. The first kappa shape index (κ1) is 11.4. The van der Waals surface area contributed by atoms with E-state index in [1.807, 2.05) is 6.92 Å². The first-order chi connectivity index (χ1) is 6.99. The van der Waals surface area contributed by atoms with Gasteiger partial charge >= 0.3 is 0 Å². The molecule has 1 heterocycles. The summed E-state index contributed by atoms with van der Waals surface area (Å²) >= 11 is 0. The van der Waals surface area contributed by atoms with Gasteiger partial charge in [-0.3, -0.25) is 9.48 Å². The Bertz CT molecular complexity index is 363. The van der Waals surface area contributed by atoms with Crippen molar-refractivity contribution >= 4 is 17.5 Å². The molecule has 1 aromatic rings. The SMILES string of the molecule is CC(=O)CCC(=O)Nc1cc(C)n(C)n1. The largest absolute Gasteiger partial charge is 0.309 e. The topological polar surface area (TPSA) is 64.0 Å². The van der Waals surface area contributed by atoms with Crippen LogP contribution in [0.15, 0.2) is 6.07 Å². The van der Waals surface area contributed by atoms with Gasteiger partial charge in [-0.05, 0) is 13.8 Å². The number of anilines is 1. The normalized spacial score (nSPS) is 10.1.